The van der Waals surface area contributed by atoms with E-state index >= 15 is 0 Å². The first-order valence-electron chi connectivity index (χ1n) is 20.8. The molecule has 0 amide bonds. The lowest BCUT2D eigenvalue weighted by molar-refractivity contribution is 0.991. The predicted octanol–water partition coefficient (Wildman–Crippen LogP) is 12.9. The van der Waals surface area contributed by atoms with Crippen molar-refractivity contribution in [1.29, 1.82) is 0 Å². The number of fused-ring (bicyclic) bond motifs is 4. The van der Waals surface area contributed by atoms with Gasteiger partial charge in [-0.3, -0.25) is 9.13 Å². The summed E-state index contributed by atoms with van der Waals surface area (Å²) in [5.74, 6) is 3.47. The molecule has 8 heteroatoms. The Hall–Kier alpha value is -8.62. The molecule has 0 aliphatic carbocycles. The zero-order valence-electron chi connectivity index (χ0n) is 34.3. The minimum absolute atomic E-state index is 0.579. The van der Waals surface area contributed by atoms with Gasteiger partial charge in [0.15, 0.2) is 17.5 Å². The van der Waals surface area contributed by atoms with Gasteiger partial charge in [0.2, 0.25) is 0 Å². The summed E-state index contributed by atoms with van der Waals surface area (Å²) in [6, 6.07) is 56.2. The molecule has 0 saturated carbocycles. The van der Waals surface area contributed by atoms with E-state index in [-0.39, 0.29) is 0 Å². The molecular weight excluding hydrogens is 773 g/mol. The summed E-state index contributed by atoms with van der Waals surface area (Å²) in [5.41, 5.74) is 12.0. The van der Waals surface area contributed by atoms with Crippen LogP contribution in [0.1, 0.15) is 11.3 Å². The second-order valence-electron chi connectivity index (χ2n) is 15.3. The molecular formula is C55H38N8. The van der Waals surface area contributed by atoms with E-state index < -0.39 is 0 Å². The molecule has 6 aromatic heterocycles. The first kappa shape index (κ1) is 37.4. The van der Waals surface area contributed by atoms with E-state index in [1.165, 1.54) is 0 Å². The Bertz CT molecular complexity index is 3460. The molecule has 0 N–H and O–H groups in total. The number of hydrogen-bond donors (Lipinski definition) is 0. The highest BCUT2D eigenvalue weighted by Gasteiger charge is 2.20. The van der Waals surface area contributed by atoms with E-state index in [0.717, 1.165) is 94.7 Å². The molecule has 0 unspecified atom stereocenters. The largest absolute Gasteiger partial charge is 0.298 e. The minimum atomic E-state index is 0.579. The van der Waals surface area contributed by atoms with Crippen LogP contribution < -0.4 is 0 Å². The Morgan fingerprint density at radius 2 is 0.952 bits per heavy atom. The Morgan fingerprint density at radius 1 is 0.429 bits per heavy atom. The first-order chi connectivity index (χ1) is 31.1. The van der Waals surface area contributed by atoms with Crippen molar-refractivity contribution in [1.82, 2.24) is 39.0 Å². The van der Waals surface area contributed by atoms with E-state index in [9.17, 15) is 0 Å². The van der Waals surface area contributed by atoms with Gasteiger partial charge >= 0.3 is 0 Å². The fourth-order valence-electron chi connectivity index (χ4n) is 8.55. The molecule has 0 aliphatic rings. The first-order valence-corrected chi connectivity index (χ1v) is 20.8. The number of rotatable bonds is 9. The number of benzene rings is 5. The average Bonchev–Trinajstić information content (AvgIpc) is 3.84. The summed E-state index contributed by atoms with van der Waals surface area (Å²) in [4.78, 5) is 29.6. The van der Waals surface area contributed by atoms with E-state index in [1.54, 1.807) is 0 Å². The maximum Gasteiger partial charge on any atom is 0.164 e. The van der Waals surface area contributed by atoms with Crippen LogP contribution >= 0.6 is 0 Å². The zero-order valence-corrected chi connectivity index (χ0v) is 34.3. The van der Waals surface area contributed by atoms with Gasteiger partial charge in [-0.05, 0) is 108 Å². The number of allylic oxidation sites excluding steroid dienone is 2. The van der Waals surface area contributed by atoms with Crippen molar-refractivity contribution in [3.63, 3.8) is 0 Å². The Kier molecular flexibility index (Phi) is 9.36. The van der Waals surface area contributed by atoms with Crippen molar-refractivity contribution < 1.29 is 0 Å². The Morgan fingerprint density at radius 3 is 1.54 bits per heavy atom. The lowest BCUT2D eigenvalue weighted by Crippen LogP contribution is -2.00. The highest BCUT2D eigenvalue weighted by Crippen LogP contribution is 2.39. The molecule has 0 radical (unpaired) electrons. The van der Waals surface area contributed by atoms with Crippen LogP contribution in [0, 0.1) is 6.92 Å². The maximum atomic E-state index is 5.17. The average molecular weight is 811 g/mol. The van der Waals surface area contributed by atoms with Crippen molar-refractivity contribution in [3.05, 3.63) is 212 Å². The fraction of sp³-hybridized carbons (Fsp3) is 0.0182. The Balaban J connectivity index is 1.16. The summed E-state index contributed by atoms with van der Waals surface area (Å²) < 4.78 is 4.35. The molecule has 0 bridgehead atoms. The lowest BCUT2D eigenvalue weighted by Gasteiger charge is -2.13. The van der Waals surface area contributed by atoms with Gasteiger partial charge in [-0.25, -0.2) is 29.9 Å². The normalized spacial score (nSPS) is 11.6. The zero-order chi connectivity index (χ0) is 42.3. The Labute approximate surface area is 363 Å². The standard InChI is InChI=1S/C55H38N8/c1-3-4-20-44-36(2)62(50-22-11-13-28-56-50)48-26-24-39(34-46(44)48)41-31-42(40-25-27-49-47(35-40)45-21-15-30-58-55(45)63(49)51-23-12-14-29-57-51)33-43(32-41)54-60-52(37-16-7-5-8-17-37)59-53(61-54)38-18-9-6-10-19-38/h3-35H,1H2,2H3/b20-4-. The summed E-state index contributed by atoms with van der Waals surface area (Å²) in [5, 5.41) is 3.24. The number of hydrogen-bond acceptors (Lipinski definition) is 6. The number of nitrogens with zero attached hydrogens (tertiary/aromatic N) is 8. The lowest BCUT2D eigenvalue weighted by atomic mass is 9.94. The quantitative estimate of drug-likeness (QED) is 0.135. The summed E-state index contributed by atoms with van der Waals surface area (Å²) in [6.45, 7) is 6.11. The molecule has 8 nitrogen and oxygen atoms in total. The van der Waals surface area contributed by atoms with Crippen molar-refractivity contribution in [2.45, 2.75) is 6.92 Å². The second kappa shape index (κ2) is 15.8. The van der Waals surface area contributed by atoms with Crippen molar-refractivity contribution in [3.8, 4) is 68.1 Å². The molecule has 11 aromatic rings. The SMILES string of the molecule is C=C/C=C\c1c(C)n(-c2ccccn2)c2ccc(-c3cc(-c4ccc5c(c4)c4cccnc4n5-c4ccccn4)cc(-c4nc(-c5ccccc5)nc(-c5ccccc5)n4)c3)cc12. The molecule has 0 saturated heterocycles. The minimum Gasteiger partial charge on any atom is -0.298 e. The molecule has 0 atom stereocenters. The van der Waals surface area contributed by atoms with E-state index in [4.69, 9.17) is 29.9 Å². The third kappa shape index (κ3) is 6.76. The van der Waals surface area contributed by atoms with Gasteiger partial charge in [0.25, 0.3) is 0 Å². The maximum absolute atomic E-state index is 5.17. The molecule has 63 heavy (non-hydrogen) atoms. The van der Waals surface area contributed by atoms with Crippen LogP contribution in [0.2, 0.25) is 0 Å². The van der Waals surface area contributed by atoms with E-state index in [2.05, 4.69) is 89.4 Å². The molecule has 11 rings (SSSR count). The molecule has 0 aliphatic heterocycles. The van der Waals surface area contributed by atoms with E-state index in [0.29, 0.717) is 17.5 Å². The van der Waals surface area contributed by atoms with Crippen molar-refractivity contribution in [2.75, 3.05) is 0 Å². The van der Waals surface area contributed by atoms with Gasteiger partial charge in [-0.15, -0.1) is 0 Å². The second-order valence-corrected chi connectivity index (χ2v) is 15.3. The number of pyridine rings is 3. The van der Waals surface area contributed by atoms with Crippen LogP contribution in [0.25, 0.3) is 107 Å². The summed E-state index contributed by atoms with van der Waals surface area (Å²) in [6.07, 6.45) is 11.4. The summed E-state index contributed by atoms with van der Waals surface area (Å²) in [7, 11) is 0. The molecule has 0 fully saturated rings. The smallest absolute Gasteiger partial charge is 0.164 e. The van der Waals surface area contributed by atoms with Gasteiger partial charge in [-0.1, -0.05) is 110 Å². The van der Waals surface area contributed by atoms with Crippen LogP contribution in [-0.2, 0) is 0 Å². The highest BCUT2D eigenvalue weighted by atomic mass is 15.1. The highest BCUT2D eigenvalue weighted by molar-refractivity contribution is 6.09. The third-order valence-corrected chi connectivity index (χ3v) is 11.5. The summed E-state index contributed by atoms with van der Waals surface area (Å²) >= 11 is 0. The molecule has 0 spiro atoms. The molecule has 5 aromatic carbocycles. The monoisotopic (exact) mass is 810 g/mol. The topological polar surface area (TPSA) is 87.2 Å². The van der Waals surface area contributed by atoms with Gasteiger partial charge in [0.05, 0.1) is 11.0 Å². The third-order valence-electron chi connectivity index (χ3n) is 11.5. The van der Waals surface area contributed by atoms with Crippen molar-refractivity contribution >= 4 is 38.9 Å². The molecule has 6 heterocycles. The fourth-order valence-corrected chi connectivity index (χ4v) is 8.55. The van der Waals surface area contributed by atoms with Gasteiger partial charge in [0.1, 0.15) is 17.3 Å². The van der Waals surface area contributed by atoms with Crippen LogP contribution in [0.3, 0.4) is 0 Å². The van der Waals surface area contributed by atoms with E-state index in [1.807, 2.05) is 134 Å². The van der Waals surface area contributed by atoms with Gasteiger partial charge < -0.3 is 0 Å². The molecule has 298 valence electrons. The van der Waals surface area contributed by atoms with Crippen LogP contribution in [0.4, 0.5) is 0 Å². The van der Waals surface area contributed by atoms with Crippen molar-refractivity contribution in [2.24, 2.45) is 0 Å². The van der Waals surface area contributed by atoms with Crippen LogP contribution in [-0.4, -0.2) is 39.0 Å². The predicted molar refractivity (Wildman–Crippen MR) is 256 cm³/mol. The van der Waals surface area contributed by atoms with Gasteiger partial charge in [-0.2, -0.15) is 0 Å². The van der Waals surface area contributed by atoms with Crippen LogP contribution in [0.15, 0.2) is 201 Å². The van der Waals surface area contributed by atoms with Crippen LogP contribution in [0.5, 0.6) is 0 Å². The number of aromatic nitrogens is 8. The van der Waals surface area contributed by atoms with Gasteiger partial charge in [0, 0.05) is 62.7 Å².